The lowest BCUT2D eigenvalue weighted by Gasteiger charge is -2.11. The summed E-state index contributed by atoms with van der Waals surface area (Å²) in [6.45, 7) is 10.6. The molecule has 1 aromatic rings. The topological polar surface area (TPSA) is 38.1 Å². The molecule has 1 N–H and O–H groups in total. The van der Waals surface area contributed by atoms with Gasteiger partial charge in [-0.1, -0.05) is 27.7 Å². The van der Waals surface area contributed by atoms with Crippen LogP contribution in [-0.2, 0) is 6.42 Å². The Morgan fingerprint density at radius 3 is 2.73 bits per heavy atom. The molecule has 0 saturated heterocycles. The van der Waals surface area contributed by atoms with Gasteiger partial charge in [0.25, 0.3) is 0 Å². The van der Waals surface area contributed by atoms with Crippen molar-refractivity contribution < 1.29 is 4.42 Å². The van der Waals surface area contributed by atoms with Gasteiger partial charge in [-0.25, -0.2) is 4.98 Å². The van der Waals surface area contributed by atoms with Crippen LogP contribution in [0, 0.1) is 5.92 Å². The van der Waals surface area contributed by atoms with Gasteiger partial charge in [-0.2, -0.15) is 0 Å². The van der Waals surface area contributed by atoms with Gasteiger partial charge in [-0.15, -0.1) is 0 Å². The molecule has 15 heavy (non-hydrogen) atoms. The first-order valence-corrected chi connectivity index (χ1v) is 5.80. The van der Waals surface area contributed by atoms with Crippen LogP contribution in [0.3, 0.4) is 0 Å². The minimum atomic E-state index is 0.449. The third-order valence-corrected chi connectivity index (χ3v) is 2.79. The van der Waals surface area contributed by atoms with E-state index in [0.29, 0.717) is 11.8 Å². The molecular weight excluding hydrogens is 188 g/mol. The Bertz CT molecular complexity index is 281. The molecule has 1 heterocycles. The van der Waals surface area contributed by atoms with Gasteiger partial charge >= 0.3 is 0 Å². The molecule has 1 rings (SSSR count). The smallest absolute Gasteiger partial charge is 0.195 e. The monoisotopic (exact) mass is 210 g/mol. The molecule has 1 unspecified atom stereocenters. The van der Waals surface area contributed by atoms with E-state index in [1.165, 1.54) is 0 Å². The first-order chi connectivity index (χ1) is 7.15. The van der Waals surface area contributed by atoms with Crippen molar-refractivity contribution in [3.63, 3.8) is 0 Å². The van der Waals surface area contributed by atoms with E-state index < -0.39 is 0 Å². The normalized spacial score (nSPS) is 13.4. The molecule has 1 atom stereocenters. The molecule has 0 aromatic carbocycles. The highest BCUT2D eigenvalue weighted by Crippen LogP contribution is 2.23. The fourth-order valence-electron chi connectivity index (χ4n) is 1.35. The van der Waals surface area contributed by atoms with E-state index in [0.717, 1.165) is 31.2 Å². The molecule has 0 fully saturated rings. The van der Waals surface area contributed by atoms with Crippen LogP contribution in [0.2, 0.25) is 0 Å². The highest BCUT2D eigenvalue weighted by Gasteiger charge is 2.14. The van der Waals surface area contributed by atoms with E-state index >= 15 is 0 Å². The largest absolute Gasteiger partial charge is 0.445 e. The van der Waals surface area contributed by atoms with Crippen molar-refractivity contribution in [1.82, 2.24) is 10.3 Å². The van der Waals surface area contributed by atoms with Gasteiger partial charge in [-0.05, 0) is 12.5 Å². The van der Waals surface area contributed by atoms with Crippen LogP contribution >= 0.6 is 0 Å². The Hall–Kier alpha value is -0.830. The maximum Gasteiger partial charge on any atom is 0.195 e. The van der Waals surface area contributed by atoms with Gasteiger partial charge in [0.05, 0.1) is 6.20 Å². The second-order valence-electron chi connectivity index (χ2n) is 4.29. The number of oxazole rings is 1. The van der Waals surface area contributed by atoms with Crippen molar-refractivity contribution in [3.8, 4) is 0 Å². The van der Waals surface area contributed by atoms with Gasteiger partial charge in [0, 0.05) is 18.9 Å². The Morgan fingerprint density at radius 1 is 1.40 bits per heavy atom. The lowest BCUT2D eigenvalue weighted by molar-refractivity contribution is 0.388. The molecule has 0 aliphatic heterocycles. The Balaban J connectivity index is 2.48. The summed E-state index contributed by atoms with van der Waals surface area (Å²) in [5.41, 5.74) is 0. The lowest BCUT2D eigenvalue weighted by Crippen LogP contribution is -2.16. The fourth-order valence-corrected chi connectivity index (χ4v) is 1.35. The van der Waals surface area contributed by atoms with Gasteiger partial charge < -0.3 is 9.73 Å². The molecule has 0 saturated carbocycles. The first-order valence-electron chi connectivity index (χ1n) is 5.80. The van der Waals surface area contributed by atoms with Gasteiger partial charge in [-0.3, -0.25) is 0 Å². The highest BCUT2D eigenvalue weighted by molar-refractivity contribution is 5.01. The van der Waals surface area contributed by atoms with Crippen LogP contribution in [-0.4, -0.2) is 18.1 Å². The van der Waals surface area contributed by atoms with Crippen LogP contribution in [0.25, 0.3) is 0 Å². The molecule has 0 amide bonds. The average Bonchev–Trinajstić information content (AvgIpc) is 2.65. The third kappa shape index (κ3) is 3.67. The molecule has 0 spiro atoms. The summed E-state index contributed by atoms with van der Waals surface area (Å²) in [6.07, 6.45) is 2.74. The number of likely N-dealkylation sites (N-methyl/N-ethyl adjacent to an activating group) is 1. The molecular formula is C12H22N2O. The lowest BCUT2D eigenvalue weighted by atomic mass is 9.96. The second-order valence-corrected chi connectivity index (χ2v) is 4.29. The van der Waals surface area contributed by atoms with Crippen molar-refractivity contribution in [1.29, 1.82) is 0 Å². The van der Waals surface area contributed by atoms with Crippen LogP contribution in [0.4, 0.5) is 0 Å². The van der Waals surface area contributed by atoms with Crippen LogP contribution in [0.1, 0.15) is 45.3 Å². The standard InChI is InChI=1S/C12H22N2O/c1-5-13-7-6-12-14-8-11(15-12)10(4)9(2)3/h8-10,13H,5-7H2,1-4H3. The molecule has 1 aromatic heterocycles. The van der Waals surface area contributed by atoms with E-state index in [9.17, 15) is 0 Å². The van der Waals surface area contributed by atoms with Gasteiger partial charge in [0.15, 0.2) is 5.89 Å². The van der Waals surface area contributed by atoms with Crippen molar-refractivity contribution in [3.05, 3.63) is 17.8 Å². The van der Waals surface area contributed by atoms with Crippen molar-refractivity contribution >= 4 is 0 Å². The van der Waals surface area contributed by atoms with Crippen molar-refractivity contribution in [2.45, 2.75) is 40.0 Å². The first kappa shape index (κ1) is 12.2. The molecule has 3 nitrogen and oxygen atoms in total. The number of aromatic nitrogens is 1. The van der Waals surface area contributed by atoms with E-state index in [1.54, 1.807) is 0 Å². The summed E-state index contributed by atoms with van der Waals surface area (Å²) in [4.78, 5) is 4.28. The third-order valence-electron chi connectivity index (χ3n) is 2.79. The second kappa shape index (κ2) is 5.91. The number of hydrogen-bond acceptors (Lipinski definition) is 3. The zero-order chi connectivity index (χ0) is 11.3. The summed E-state index contributed by atoms with van der Waals surface area (Å²) in [5, 5.41) is 3.26. The highest BCUT2D eigenvalue weighted by atomic mass is 16.4. The van der Waals surface area contributed by atoms with Gasteiger partial charge in [0.1, 0.15) is 5.76 Å². The number of hydrogen-bond donors (Lipinski definition) is 1. The predicted molar refractivity (Wildman–Crippen MR) is 62.0 cm³/mol. The zero-order valence-corrected chi connectivity index (χ0v) is 10.2. The predicted octanol–water partition coefficient (Wildman–Crippen LogP) is 2.59. The van der Waals surface area contributed by atoms with Crippen molar-refractivity contribution in [2.75, 3.05) is 13.1 Å². The van der Waals surface area contributed by atoms with E-state index in [2.05, 4.69) is 38.0 Å². The Kier molecular flexibility index (Phi) is 4.82. The molecule has 0 radical (unpaired) electrons. The van der Waals surface area contributed by atoms with Gasteiger partial charge in [0.2, 0.25) is 0 Å². The quantitative estimate of drug-likeness (QED) is 0.733. The summed E-state index contributed by atoms with van der Waals surface area (Å²) >= 11 is 0. The SMILES string of the molecule is CCNCCc1ncc(C(C)C(C)C)o1. The van der Waals surface area contributed by atoms with Crippen LogP contribution in [0.15, 0.2) is 10.6 Å². The summed E-state index contributed by atoms with van der Waals surface area (Å²) in [6, 6.07) is 0. The van der Waals surface area contributed by atoms with Crippen LogP contribution in [0.5, 0.6) is 0 Å². The number of nitrogens with zero attached hydrogens (tertiary/aromatic N) is 1. The minimum Gasteiger partial charge on any atom is -0.445 e. The maximum absolute atomic E-state index is 5.70. The molecule has 0 aliphatic rings. The molecule has 3 heteroatoms. The fraction of sp³-hybridized carbons (Fsp3) is 0.750. The van der Waals surface area contributed by atoms with Crippen LogP contribution < -0.4 is 5.32 Å². The maximum atomic E-state index is 5.70. The Labute approximate surface area is 92.3 Å². The zero-order valence-electron chi connectivity index (χ0n) is 10.2. The van der Waals surface area contributed by atoms with E-state index in [4.69, 9.17) is 4.42 Å². The summed E-state index contributed by atoms with van der Waals surface area (Å²) in [7, 11) is 0. The molecule has 86 valence electrons. The van der Waals surface area contributed by atoms with E-state index in [-0.39, 0.29) is 0 Å². The van der Waals surface area contributed by atoms with E-state index in [1.807, 2.05) is 6.20 Å². The number of nitrogens with one attached hydrogen (secondary N) is 1. The average molecular weight is 210 g/mol. The van der Waals surface area contributed by atoms with Crippen molar-refractivity contribution in [2.24, 2.45) is 5.92 Å². The molecule has 0 aliphatic carbocycles. The summed E-state index contributed by atoms with van der Waals surface area (Å²) < 4.78 is 5.70. The molecule has 0 bridgehead atoms. The summed E-state index contributed by atoms with van der Waals surface area (Å²) in [5.74, 6) is 2.90. The number of rotatable bonds is 6. The Morgan fingerprint density at radius 2 is 2.13 bits per heavy atom. The minimum absolute atomic E-state index is 0.449.